The van der Waals surface area contributed by atoms with Gasteiger partial charge in [0.05, 0.1) is 5.54 Å². The minimum Gasteiger partial charge on any atom is -0.356 e. The van der Waals surface area contributed by atoms with Crippen molar-refractivity contribution < 1.29 is 4.79 Å². The van der Waals surface area contributed by atoms with Gasteiger partial charge in [-0.25, -0.2) is 0 Å². The quantitative estimate of drug-likeness (QED) is 0.294. The average molecular weight is 168 g/mol. The summed E-state index contributed by atoms with van der Waals surface area (Å²) in [5, 5.41) is 5.90. The minimum absolute atomic E-state index is 0.212. The molecule has 0 saturated carbocycles. The molecule has 0 fully saturated rings. The van der Waals surface area contributed by atoms with Crippen molar-refractivity contribution in [3.8, 4) is 0 Å². The lowest BCUT2D eigenvalue weighted by Gasteiger charge is -2.10. The molecule has 1 N–H and O–H groups in total. The van der Waals surface area contributed by atoms with Crippen molar-refractivity contribution in [3.63, 3.8) is 0 Å². The van der Waals surface area contributed by atoms with Crippen molar-refractivity contribution in [1.29, 1.82) is 0 Å². The number of amides is 1. The van der Waals surface area contributed by atoms with Crippen LogP contribution in [0.1, 0.15) is 13.8 Å². The van der Waals surface area contributed by atoms with E-state index < -0.39 is 5.54 Å². The van der Waals surface area contributed by atoms with Gasteiger partial charge in [-0.1, -0.05) is 25.0 Å². The number of carbonyl (C=O) groups is 1. The van der Waals surface area contributed by atoms with Crippen molar-refractivity contribution in [2.24, 2.45) is 5.11 Å². The van der Waals surface area contributed by atoms with Gasteiger partial charge in [0, 0.05) is 12.0 Å². The molecule has 0 rings (SSSR count). The molecule has 0 unspecified atom stereocenters. The molecule has 0 saturated heterocycles. The van der Waals surface area contributed by atoms with Crippen LogP contribution in [0.4, 0.5) is 0 Å². The molecule has 0 radical (unpaired) electrons. The second kappa shape index (κ2) is 4.41. The lowest BCUT2D eigenvalue weighted by molar-refractivity contribution is -0.116. The molecular formula is C7H12N4O. The van der Waals surface area contributed by atoms with Crippen LogP contribution < -0.4 is 5.32 Å². The maximum atomic E-state index is 10.7. The Hall–Kier alpha value is -1.48. The Bertz CT molecular complexity index is 238. The molecule has 0 aromatic carbocycles. The minimum atomic E-state index is -0.652. The number of azide groups is 1. The highest BCUT2D eigenvalue weighted by molar-refractivity contribution is 5.87. The van der Waals surface area contributed by atoms with Crippen LogP contribution in [-0.2, 0) is 4.79 Å². The van der Waals surface area contributed by atoms with E-state index in [0.717, 1.165) is 0 Å². The first-order valence-corrected chi connectivity index (χ1v) is 3.49. The van der Waals surface area contributed by atoms with E-state index >= 15 is 0 Å². The van der Waals surface area contributed by atoms with E-state index in [0.29, 0.717) is 0 Å². The highest BCUT2D eigenvalue weighted by atomic mass is 16.1. The van der Waals surface area contributed by atoms with Crippen molar-refractivity contribution in [2.45, 2.75) is 19.4 Å². The fraction of sp³-hybridized carbons (Fsp3) is 0.571. The SMILES string of the molecule is CNC(=O)C=CC(C)(C)N=[N+]=[N-]. The van der Waals surface area contributed by atoms with E-state index in [-0.39, 0.29) is 5.91 Å². The number of carbonyl (C=O) groups excluding carboxylic acids is 1. The summed E-state index contributed by atoms with van der Waals surface area (Å²) in [5.74, 6) is -0.212. The molecule has 0 spiro atoms. The first-order chi connectivity index (χ1) is 5.52. The van der Waals surface area contributed by atoms with Crippen molar-refractivity contribution in [3.05, 3.63) is 22.6 Å². The van der Waals surface area contributed by atoms with Crippen LogP contribution in [0.2, 0.25) is 0 Å². The number of likely N-dealkylation sites (N-methyl/N-ethyl adjacent to an activating group) is 1. The summed E-state index contributed by atoms with van der Waals surface area (Å²) < 4.78 is 0. The average Bonchev–Trinajstić information content (AvgIpc) is 2.00. The molecule has 66 valence electrons. The molecule has 5 nitrogen and oxygen atoms in total. The maximum Gasteiger partial charge on any atom is 0.243 e. The van der Waals surface area contributed by atoms with Gasteiger partial charge >= 0.3 is 0 Å². The Morgan fingerprint density at radius 1 is 1.67 bits per heavy atom. The van der Waals surface area contributed by atoms with E-state index in [1.807, 2.05) is 0 Å². The molecule has 0 aliphatic rings. The molecule has 1 amide bonds. The standard InChI is InChI=1S/C7H12N4O/c1-7(2,10-11-8)5-4-6(12)9-3/h4-5H,1-3H3,(H,9,12). The van der Waals surface area contributed by atoms with Crippen molar-refractivity contribution >= 4 is 5.91 Å². The van der Waals surface area contributed by atoms with Gasteiger partial charge in [0.1, 0.15) is 0 Å². The second-order valence-electron chi connectivity index (χ2n) is 2.79. The van der Waals surface area contributed by atoms with Gasteiger partial charge in [-0.3, -0.25) is 4.79 Å². The van der Waals surface area contributed by atoms with Gasteiger partial charge in [0.2, 0.25) is 5.91 Å². The van der Waals surface area contributed by atoms with Gasteiger partial charge in [-0.15, -0.1) is 0 Å². The summed E-state index contributed by atoms with van der Waals surface area (Å²) in [7, 11) is 1.53. The Morgan fingerprint density at radius 3 is 2.67 bits per heavy atom. The summed E-state index contributed by atoms with van der Waals surface area (Å²) in [6.45, 7) is 3.43. The third-order valence-corrected chi connectivity index (χ3v) is 1.19. The van der Waals surface area contributed by atoms with Gasteiger partial charge in [0.25, 0.3) is 0 Å². The molecule has 0 aliphatic carbocycles. The van der Waals surface area contributed by atoms with Crippen LogP contribution in [-0.4, -0.2) is 18.5 Å². The van der Waals surface area contributed by atoms with Crippen LogP contribution in [0.3, 0.4) is 0 Å². The first-order valence-electron chi connectivity index (χ1n) is 3.49. The molecule has 0 aliphatic heterocycles. The Kier molecular flexibility index (Phi) is 3.86. The Morgan fingerprint density at radius 2 is 2.25 bits per heavy atom. The van der Waals surface area contributed by atoms with Gasteiger partial charge in [0.15, 0.2) is 0 Å². The summed E-state index contributed by atoms with van der Waals surface area (Å²) >= 11 is 0. The summed E-state index contributed by atoms with van der Waals surface area (Å²) in [6.07, 6.45) is 2.89. The van der Waals surface area contributed by atoms with Crippen LogP contribution in [0.15, 0.2) is 17.3 Å². The molecule has 0 heterocycles. The largest absolute Gasteiger partial charge is 0.356 e. The Labute approximate surface area is 71.1 Å². The van der Waals surface area contributed by atoms with E-state index in [2.05, 4.69) is 15.3 Å². The second-order valence-corrected chi connectivity index (χ2v) is 2.79. The first kappa shape index (κ1) is 10.5. The normalized spacial score (nSPS) is 10.9. The number of rotatable bonds is 3. The van der Waals surface area contributed by atoms with E-state index in [4.69, 9.17) is 5.53 Å². The molecule has 0 bridgehead atoms. The van der Waals surface area contributed by atoms with E-state index in [1.165, 1.54) is 13.1 Å². The van der Waals surface area contributed by atoms with Gasteiger partial charge in [-0.2, -0.15) is 0 Å². The monoisotopic (exact) mass is 168 g/mol. The number of hydrogen-bond acceptors (Lipinski definition) is 2. The number of nitrogens with one attached hydrogen (secondary N) is 1. The van der Waals surface area contributed by atoms with Crippen LogP contribution in [0.25, 0.3) is 10.4 Å². The van der Waals surface area contributed by atoms with Gasteiger partial charge in [-0.05, 0) is 11.6 Å². The third kappa shape index (κ3) is 4.35. The molecule has 0 atom stereocenters. The zero-order chi connectivity index (χ0) is 9.61. The topological polar surface area (TPSA) is 77.9 Å². The van der Waals surface area contributed by atoms with Crippen molar-refractivity contribution in [1.82, 2.24) is 5.32 Å². The molecule has 0 aromatic heterocycles. The summed E-state index contributed by atoms with van der Waals surface area (Å²) in [5.41, 5.74) is 7.50. The summed E-state index contributed by atoms with van der Waals surface area (Å²) in [6, 6.07) is 0. The number of hydrogen-bond donors (Lipinski definition) is 1. The van der Waals surface area contributed by atoms with Crippen LogP contribution in [0.5, 0.6) is 0 Å². The van der Waals surface area contributed by atoms with Crippen LogP contribution >= 0.6 is 0 Å². The highest BCUT2D eigenvalue weighted by Gasteiger charge is 2.10. The molecule has 0 aromatic rings. The van der Waals surface area contributed by atoms with Gasteiger partial charge < -0.3 is 5.32 Å². The van der Waals surface area contributed by atoms with E-state index in [9.17, 15) is 4.79 Å². The fourth-order valence-corrected chi connectivity index (χ4v) is 0.512. The zero-order valence-corrected chi connectivity index (χ0v) is 7.40. The maximum absolute atomic E-state index is 10.7. The third-order valence-electron chi connectivity index (χ3n) is 1.19. The predicted molar refractivity (Wildman–Crippen MR) is 46.4 cm³/mol. The smallest absolute Gasteiger partial charge is 0.243 e. The Balaban J connectivity index is 4.32. The molecule has 12 heavy (non-hydrogen) atoms. The zero-order valence-electron chi connectivity index (χ0n) is 7.40. The van der Waals surface area contributed by atoms with Crippen molar-refractivity contribution in [2.75, 3.05) is 7.05 Å². The molecular weight excluding hydrogens is 156 g/mol. The number of nitrogens with zero attached hydrogens (tertiary/aromatic N) is 3. The lowest BCUT2D eigenvalue weighted by atomic mass is 10.1. The lowest BCUT2D eigenvalue weighted by Crippen LogP contribution is -2.17. The predicted octanol–water partition coefficient (Wildman–Crippen LogP) is 1.38. The van der Waals surface area contributed by atoms with Crippen LogP contribution in [0, 0.1) is 0 Å². The van der Waals surface area contributed by atoms with E-state index in [1.54, 1.807) is 19.9 Å². The highest BCUT2D eigenvalue weighted by Crippen LogP contribution is 2.10. The fourth-order valence-electron chi connectivity index (χ4n) is 0.512. The summed E-state index contributed by atoms with van der Waals surface area (Å²) in [4.78, 5) is 13.4. The molecule has 5 heteroatoms.